The second-order valence-electron chi connectivity index (χ2n) is 5.71. The number of tetrazole rings is 1. The fraction of sp³-hybridized carbons (Fsp3) is 0.312. The maximum atomic E-state index is 12.5. The third kappa shape index (κ3) is 3.87. The molecule has 25 heavy (non-hydrogen) atoms. The maximum Gasteiger partial charge on any atom is 0.238 e. The number of amides is 1. The smallest absolute Gasteiger partial charge is 0.238 e. The summed E-state index contributed by atoms with van der Waals surface area (Å²) in [5, 5.41) is 19.1. The largest absolute Gasteiger partial charge is 0.310 e. The van der Waals surface area contributed by atoms with Crippen LogP contribution in [0.3, 0.4) is 0 Å². The highest BCUT2D eigenvalue weighted by atomic mass is 32.2. The lowest BCUT2D eigenvalue weighted by atomic mass is 10.3. The molecule has 1 unspecified atom stereocenters. The molecule has 1 amide bonds. The Hall–Kier alpha value is -2.68. The molecule has 0 aliphatic carbocycles. The zero-order valence-electron chi connectivity index (χ0n) is 14.2. The van der Waals surface area contributed by atoms with Crippen molar-refractivity contribution < 1.29 is 4.79 Å². The van der Waals surface area contributed by atoms with Crippen LogP contribution in [-0.2, 0) is 4.79 Å². The van der Waals surface area contributed by atoms with E-state index < -0.39 is 0 Å². The predicted molar refractivity (Wildman–Crippen MR) is 95.7 cm³/mol. The summed E-state index contributed by atoms with van der Waals surface area (Å²) in [4.78, 5) is 12.5. The van der Waals surface area contributed by atoms with E-state index in [2.05, 4.69) is 25.9 Å². The van der Waals surface area contributed by atoms with Crippen LogP contribution in [-0.4, -0.2) is 41.1 Å². The summed E-state index contributed by atoms with van der Waals surface area (Å²) >= 11 is 1.30. The highest BCUT2D eigenvalue weighted by Crippen LogP contribution is 2.24. The minimum absolute atomic E-state index is 0.130. The third-order valence-electron chi connectivity index (χ3n) is 3.50. The van der Waals surface area contributed by atoms with Crippen LogP contribution in [0.15, 0.2) is 47.8 Å². The van der Waals surface area contributed by atoms with Crippen LogP contribution in [0.5, 0.6) is 0 Å². The Morgan fingerprint density at radius 3 is 2.64 bits per heavy atom. The van der Waals surface area contributed by atoms with Crippen LogP contribution < -0.4 is 5.32 Å². The van der Waals surface area contributed by atoms with Gasteiger partial charge in [-0.05, 0) is 43.3 Å². The molecule has 0 spiro atoms. The molecule has 1 atom stereocenters. The zero-order valence-corrected chi connectivity index (χ0v) is 15.0. The molecular weight excluding hydrogens is 338 g/mol. The standard InChI is InChI=1S/C16H19N7OS/c1-11(2)22-14(9-10-17-22)18-15(24)12(3)25-16-19-20-21-23(16)13-7-5-4-6-8-13/h4-12H,1-3H3,(H,18,24). The number of nitrogens with zero attached hydrogens (tertiary/aromatic N) is 6. The molecule has 1 N–H and O–H groups in total. The molecule has 0 saturated heterocycles. The lowest BCUT2D eigenvalue weighted by molar-refractivity contribution is -0.115. The Morgan fingerprint density at radius 1 is 1.16 bits per heavy atom. The minimum Gasteiger partial charge on any atom is -0.310 e. The number of aromatic nitrogens is 6. The number of carbonyl (C=O) groups excluding carboxylic acids is 1. The number of hydrogen-bond acceptors (Lipinski definition) is 6. The van der Waals surface area contributed by atoms with E-state index in [-0.39, 0.29) is 17.2 Å². The molecule has 0 aliphatic rings. The Bertz CT molecular complexity index is 843. The van der Waals surface area contributed by atoms with Crippen molar-refractivity contribution in [3.05, 3.63) is 42.6 Å². The van der Waals surface area contributed by atoms with Gasteiger partial charge in [0.25, 0.3) is 0 Å². The molecule has 0 radical (unpaired) electrons. The minimum atomic E-state index is -0.371. The van der Waals surface area contributed by atoms with Crippen LogP contribution >= 0.6 is 11.8 Å². The fourth-order valence-corrected chi connectivity index (χ4v) is 3.06. The second-order valence-corrected chi connectivity index (χ2v) is 7.02. The number of rotatable bonds is 6. The van der Waals surface area contributed by atoms with Crippen LogP contribution in [0.25, 0.3) is 5.69 Å². The average molecular weight is 357 g/mol. The first-order chi connectivity index (χ1) is 12.1. The topological polar surface area (TPSA) is 90.5 Å². The zero-order chi connectivity index (χ0) is 17.8. The number of carbonyl (C=O) groups is 1. The highest BCUT2D eigenvalue weighted by Gasteiger charge is 2.20. The molecule has 130 valence electrons. The van der Waals surface area contributed by atoms with Gasteiger partial charge in [0, 0.05) is 12.1 Å². The molecule has 3 rings (SSSR count). The molecule has 3 aromatic rings. The van der Waals surface area contributed by atoms with Gasteiger partial charge in [-0.1, -0.05) is 30.0 Å². The molecule has 1 aromatic carbocycles. The number of para-hydroxylation sites is 1. The van der Waals surface area contributed by atoms with Crippen LogP contribution in [0.2, 0.25) is 0 Å². The maximum absolute atomic E-state index is 12.5. The van der Waals surface area contributed by atoms with E-state index in [1.807, 2.05) is 51.1 Å². The quantitative estimate of drug-likeness (QED) is 0.682. The molecule has 9 heteroatoms. The first-order valence-electron chi connectivity index (χ1n) is 7.91. The van der Waals surface area contributed by atoms with Crippen LogP contribution in [0, 0.1) is 0 Å². The first kappa shape index (κ1) is 17.2. The molecule has 0 saturated carbocycles. The molecule has 0 aliphatic heterocycles. The van der Waals surface area contributed by atoms with E-state index in [0.29, 0.717) is 11.0 Å². The van der Waals surface area contributed by atoms with Gasteiger partial charge >= 0.3 is 0 Å². The van der Waals surface area contributed by atoms with E-state index in [0.717, 1.165) is 5.69 Å². The van der Waals surface area contributed by atoms with E-state index in [4.69, 9.17) is 0 Å². The fourth-order valence-electron chi connectivity index (χ4n) is 2.25. The van der Waals surface area contributed by atoms with Crippen LogP contribution in [0.1, 0.15) is 26.8 Å². The number of hydrogen-bond donors (Lipinski definition) is 1. The van der Waals surface area contributed by atoms with Crippen molar-refractivity contribution in [3.63, 3.8) is 0 Å². The van der Waals surface area contributed by atoms with E-state index in [1.165, 1.54) is 11.8 Å². The SMILES string of the molecule is CC(Sc1nnnn1-c1ccccc1)C(=O)Nc1ccnn1C(C)C. The van der Waals surface area contributed by atoms with Gasteiger partial charge in [0.1, 0.15) is 5.82 Å². The third-order valence-corrected chi connectivity index (χ3v) is 4.54. The summed E-state index contributed by atoms with van der Waals surface area (Å²) < 4.78 is 3.39. The number of thioether (sulfide) groups is 1. The highest BCUT2D eigenvalue weighted by molar-refractivity contribution is 8.00. The van der Waals surface area contributed by atoms with Crippen molar-refractivity contribution in [2.75, 3.05) is 5.32 Å². The summed E-state index contributed by atoms with van der Waals surface area (Å²) in [6.07, 6.45) is 1.67. The number of nitrogens with one attached hydrogen (secondary N) is 1. The monoisotopic (exact) mass is 357 g/mol. The normalized spacial score (nSPS) is 12.3. The number of benzene rings is 1. The average Bonchev–Trinajstić information content (AvgIpc) is 3.25. The van der Waals surface area contributed by atoms with Crippen LogP contribution in [0.4, 0.5) is 5.82 Å². The van der Waals surface area contributed by atoms with Crippen molar-refractivity contribution in [1.82, 2.24) is 30.0 Å². The Balaban J connectivity index is 1.71. The summed E-state index contributed by atoms with van der Waals surface area (Å²) in [6.45, 7) is 5.84. The molecule has 2 aromatic heterocycles. The van der Waals surface area contributed by atoms with Gasteiger partial charge in [0.05, 0.1) is 17.1 Å². The summed E-state index contributed by atoms with van der Waals surface area (Å²) in [6, 6.07) is 11.5. The van der Waals surface area contributed by atoms with E-state index in [1.54, 1.807) is 21.6 Å². The van der Waals surface area contributed by atoms with Crippen molar-refractivity contribution >= 4 is 23.5 Å². The van der Waals surface area contributed by atoms with E-state index in [9.17, 15) is 4.79 Å². The Morgan fingerprint density at radius 2 is 1.92 bits per heavy atom. The van der Waals surface area contributed by atoms with Gasteiger partial charge in [-0.2, -0.15) is 9.78 Å². The van der Waals surface area contributed by atoms with Crippen molar-refractivity contribution in [2.45, 2.75) is 37.2 Å². The van der Waals surface area contributed by atoms with Gasteiger partial charge in [-0.3, -0.25) is 4.79 Å². The first-order valence-corrected chi connectivity index (χ1v) is 8.79. The molecular formula is C16H19N7OS. The summed E-state index contributed by atoms with van der Waals surface area (Å²) in [5.41, 5.74) is 0.848. The second kappa shape index (κ2) is 7.47. The van der Waals surface area contributed by atoms with Gasteiger partial charge in [-0.15, -0.1) is 5.10 Å². The van der Waals surface area contributed by atoms with Gasteiger partial charge in [0.2, 0.25) is 11.1 Å². The van der Waals surface area contributed by atoms with E-state index >= 15 is 0 Å². The Labute approximate surface area is 149 Å². The van der Waals surface area contributed by atoms with Gasteiger partial charge in [-0.25, -0.2) is 4.68 Å². The molecule has 0 fully saturated rings. The molecule has 8 nitrogen and oxygen atoms in total. The van der Waals surface area contributed by atoms with Crippen molar-refractivity contribution in [3.8, 4) is 5.69 Å². The lowest BCUT2D eigenvalue weighted by Crippen LogP contribution is -2.25. The lowest BCUT2D eigenvalue weighted by Gasteiger charge is -2.14. The Kier molecular flexibility index (Phi) is 5.13. The molecule has 2 heterocycles. The predicted octanol–water partition coefficient (Wildman–Crippen LogP) is 2.56. The van der Waals surface area contributed by atoms with Crippen molar-refractivity contribution in [2.24, 2.45) is 0 Å². The van der Waals surface area contributed by atoms with Gasteiger partial charge in [0.15, 0.2) is 0 Å². The van der Waals surface area contributed by atoms with Gasteiger partial charge < -0.3 is 5.32 Å². The molecule has 0 bridgehead atoms. The number of anilines is 1. The summed E-state index contributed by atoms with van der Waals surface area (Å²) in [5.74, 6) is 0.546. The summed E-state index contributed by atoms with van der Waals surface area (Å²) in [7, 11) is 0. The van der Waals surface area contributed by atoms with Crippen molar-refractivity contribution in [1.29, 1.82) is 0 Å².